The van der Waals surface area contributed by atoms with Crippen molar-refractivity contribution >= 4 is 17.5 Å². The molecule has 2 rings (SSSR count). The molecule has 5 heteroatoms. The van der Waals surface area contributed by atoms with Crippen LogP contribution in [0, 0.1) is 11.8 Å². The van der Waals surface area contributed by atoms with Gasteiger partial charge in [0.15, 0.2) is 0 Å². The molecule has 0 spiro atoms. The van der Waals surface area contributed by atoms with Gasteiger partial charge in [0.2, 0.25) is 0 Å². The molecule has 0 bridgehead atoms. The maximum absolute atomic E-state index is 11.7. The summed E-state index contributed by atoms with van der Waals surface area (Å²) in [6.07, 6.45) is 0. The van der Waals surface area contributed by atoms with Gasteiger partial charge in [0, 0.05) is 5.56 Å². The standard InChI is InChI=1S/C13H12N2O3/c14-7-3-5-10-4-1-2-6-11(10)15-12(16)8-18-9-13(15)17/h1-2,4,6H,7-9,14H2. The van der Waals surface area contributed by atoms with Gasteiger partial charge in [-0.2, -0.15) is 0 Å². The van der Waals surface area contributed by atoms with Crippen LogP contribution in [0.5, 0.6) is 0 Å². The van der Waals surface area contributed by atoms with Gasteiger partial charge in [-0.05, 0) is 12.1 Å². The number of ether oxygens (including phenoxy) is 1. The van der Waals surface area contributed by atoms with Crippen LogP contribution < -0.4 is 10.6 Å². The highest BCUT2D eigenvalue weighted by Crippen LogP contribution is 2.21. The highest BCUT2D eigenvalue weighted by molar-refractivity contribution is 6.17. The third-order valence-corrected chi connectivity index (χ3v) is 2.42. The molecule has 1 fully saturated rings. The predicted molar refractivity (Wildman–Crippen MR) is 65.7 cm³/mol. The molecule has 2 amide bonds. The van der Waals surface area contributed by atoms with Crippen molar-refractivity contribution in [2.45, 2.75) is 0 Å². The van der Waals surface area contributed by atoms with E-state index in [1.165, 1.54) is 0 Å². The maximum atomic E-state index is 11.7. The Hall–Kier alpha value is -2.16. The Morgan fingerprint density at radius 1 is 1.22 bits per heavy atom. The van der Waals surface area contributed by atoms with Crippen molar-refractivity contribution in [2.24, 2.45) is 5.73 Å². The number of imide groups is 1. The van der Waals surface area contributed by atoms with Gasteiger partial charge in [-0.3, -0.25) is 9.59 Å². The first-order valence-electron chi connectivity index (χ1n) is 5.45. The largest absolute Gasteiger partial charge is 0.362 e. The number of nitrogens with zero attached hydrogens (tertiary/aromatic N) is 1. The van der Waals surface area contributed by atoms with Crippen LogP contribution in [0.2, 0.25) is 0 Å². The Morgan fingerprint density at radius 3 is 2.56 bits per heavy atom. The summed E-state index contributed by atoms with van der Waals surface area (Å²) < 4.78 is 4.87. The lowest BCUT2D eigenvalue weighted by Crippen LogP contribution is -2.46. The second kappa shape index (κ2) is 5.45. The molecule has 0 radical (unpaired) electrons. The van der Waals surface area contributed by atoms with Gasteiger partial charge in [-0.25, -0.2) is 4.90 Å². The van der Waals surface area contributed by atoms with E-state index >= 15 is 0 Å². The summed E-state index contributed by atoms with van der Waals surface area (Å²) in [5.74, 6) is 4.80. The van der Waals surface area contributed by atoms with E-state index in [1.54, 1.807) is 24.3 Å². The lowest BCUT2D eigenvalue weighted by Gasteiger charge is -2.25. The first-order valence-corrected chi connectivity index (χ1v) is 5.45. The molecule has 0 atom stereocenters. The summed E-state index contributed by atoms with van der Waals surface area (Å²) in [4.78, 5) is 24.6. The summed E-state index contributed by atoms with van der Waals surface area (Å²) in [6.45, 7) is 0.0358. The molecule has 5 nitrogen and oxygen atoms in total. The van der Waals surface area contributed by atoms with E-state index in [4.69, 9.17) is 10.5 Å². The molecule has 1 aliphatic rings. The van der Waals surface area contributed by atoms with Crippen LogP contribution in [0.15, 0.2) is 24.3 Å². The van der Waals surface area contributed by atoms with Crippen molar-refractivity contribution in [2.75, 3.05) is 24.7 Å². The first kappa shape index (κ1) is 12.3. The first-order chi connectivity index (χ1) is 8.74. The molecule has 0 aliphatic carbocycles. The minimum absolute atomic E-state index is 0.0929. The summed E-state index contributed by atoms with van der Waals surface area (Å²) >= 11 is 0. The highest BCUT2D eigenvalue weighted by Gasteiger charge is 2.29. The molecule has 1 aromatic carbocycles. The maximum Gasteiger partial charge on any atom is 0.259 e. The van der Waals surface area contributed by atoms with E-state index in [0.29, 0.717) is 11.3 Å². The zero-order valence-corrected chi connectivity index (χ0v) is 9.68. The van der Waals surface area contributed by atoms with E-state index in [-0.39, 0.29) is 31.6 Å². The Balaban J connectivity index is 2.43. The molecule has 1 saturated heterocycles. The second-order valence-corrected chi connectivity index (χ2v) is 3.64. The number of hydrogen-bond acceptors (Lipinski definition) is 4. The Morgan fingerprint density at radius 2 is 1.89 bits per heavy atom. The van der Waals surface area contributed by atoms with E-state index in [1.807, 2.05) is 0 Å². The van der Waals surface area contributed by atoms with Crippen molar-refractivity contribution in [1.29, 1.82) is 0 Å². The molecule has 18 heavy (non-hydrogen) atoms. The predicted octanol–water partition coefficient (Wildman–Crippen LogP) is -0.113. The average molecular weight is 244 g/mol. The summed E-state index contributed by atoms with van der Waals surface area (Å²) in [5, 5.41) is 0. The number of hydrogen-bond donors (Lipinski definition) is 1. The van der Waals surface area contributed by atoms with Gasteiger partial charge in [0.1, 0.15) is 13.2 Å². The van der Waals surface area contributed by atoms with Crippen LogP contribution in [-0.4, -0.2) is 31.6 Å². The van der Waals surface area contributed by atoms with Gasteiger partial charge in [0.25, 0.3) is 11.8 Å². The van der Waals surface area contributed by atoms with E-state index in [0.717, 1.165) is 4.90 Å². The molecule has 1 aromatic rings. The van der Waals surface area contributed by atoms with Crippen LogP contribution in [0.4, 0.5) is 5.69 Å². The molecule has 0 aromatic heterocycles. The minimum atomic E-state index is -0.381. The molecule has 1 heterocycles. The van der Waals surface area contributed by atoms with Gasteiger partial charge in [-0.15, -0.1) is 0 Å². The van der Waals surface area contributed by atoms with Crippen LogP contribution in [0.25, 0.3) is 0 Å². The Kier molecular flexibility index (Phi) is 3.72. The van der Waals surface area contributed by atoms with Crippen molar-refractivity contribution in [3.63, 3.8) is 0 Å². The second-order valence-electron chi connectivity index (χ2n) is 3.64. The fraction of sp³-hybridized carbons (Fsp3) is 0.231. The van der Waals surface area contributed by atoms with Crippen LogP contribution >= 0.6 is 0 Å². The number of anilines is 1. The number of nitrogens with two attached hydrogens (primary N) is 1. The Labute approximate surface area is 105 Å². The number of carbonyl (C=O) groups is 2. The molecular weight excluding hydrogens is 232 g/mol. The minimum Gasteiger partial charge on any atom is -0.362 e. The smallest absolute Gasteiger partial charge is 0.259 e. The number of morpholine rings is 1. The molecule has 1 aliphatic heterocycles. The summed E-state index contributed by atoms with van der Waals surface area (Å²) in [7, 11) is 0. The fourth-order valence-corrected chi connectivity index (χ4v) is 1.68. The van der Waals surface area contributed by atoms with E-state index in [9.17, 15) is 9.59 Å². The quantitative estimate of drug-likeness (QED) is 0.552. The monoisotopic (exact) mass is 244 g/mol. The topological polar surface area (TPSA) is 72.6 Å². The number of benzene rings is 1. The molecule has 92 valence electrons. The molecule has 0 unspecified atom stereocenters. The highest BCUT2D eigenvalue weighted by atomic mass is 16.5. The van der Waals surface area contributed by atoms with Gasteiger partial charge in [-0.1, -0.05) is 24.0 Å². The lowest BCUT2D eigenvalue weighted by molar-refractivity contribution is -0.138. The van der Waals surface area contributed by atoms with Crippen LogP contribution in [-0.2, 0) is 14.3 Å². The molecular formula is C13H12N2O3. The van der Waals surface area contributed by atoms with Crippen molar-refractivity contribution in [1.82, 2.24) is 0 Å². The summed E-state index contributed by atoms with van der Waals surface area (Å²) in [5.41, 5.74) is 6.40. The van der Waals surface area contributed by atoms with Gasteiger partial charge >= 0.3 is 0 Å². The number of rotatable bonds is 1. The van der Waals surface area contributed by atoms with E-state index < -0.39 is 0 Å². The number of carbonyl (C=O) groups excluding carboxylic acids is 2. The third-order valence-electron chi connectivity index (χ3n) is 2.42. The SMILES string of the molecule is NCC#Cc1ccccc1N1C(=O)COCC1=O. The van der Waals surface area contributed by atoms with Gasteiger partial charge in [0.05, 0.1) is 12.2 Å². The van der Waals surface area contributed by atoms with E-state index in [2.05, 4.69) is 11.8 Å². The molecule has 0 saturated carbocycles. The van der Waals surface area contributed by atoms with Crippen LogP contribution in [0.3, 0.4) is 0 Å². The van der Waals surface area contributed by atoms with Gasteiger partial charge < -0.3 is 10.5 Å². The zero-order chi connectivity index (χ0) is 13.0. The van der Waals surface area contributed by atoms with Crippen molar-refractivity contribution in [3.05, 3.63) is 29.8 Å². The normalized spacial score (nSPS) is 15.3. The zero-order valence-electron chi connectivity index (χ0n) is 9.68. The lowest BCUT2D eigenvalue weighted by atomic mass is 10.1. The average Bonchev–Trinajstić information content (AvgIpc) is 2.37. The van der Waals surface area contributed by atoms with Crippen LogP contribution in [0.1, 0.15) is 5.56 Å². The summed E-state index contributed by atoms with van der Waals surface area (Å²) in [6, 6.07) is 6.97. The Bertz CT molecular complexity index is 527. The fourth-order valence-electron chi connectivity index (χ4n) is 1.68. The number of para-hydroxylation sites is 1. The van der Waals surface area contributed by atoms with Crippen molar-refractivity contribution in [3.8, 4) is 11.8 Å². The number of amides is 2. The third kappa shape index (κ3) is 2.40. The van der Waals surface area contributed by atoms with Crippen molar-refractivity contribution < 1.29 is 14.3 Å². The molecule has 2 N–H and O–H groups in total.